The first-order valence-electron chi connectivity index (χ1n) is 7.61. The largest absolute Gasteiger partial charge is 0.481 e. The van der Waals surface area contributed by atoms with Crippen LogP contribution in [-0.4, -0.2) is 41.7 Å². The quantitative estimate of drug-likeness (QED) is 0.547. The Bertz CT molecular complexity index is 311. The van der Waals surface area contributed by atoms with Gasteiger partial charge in [0, 0.05) is 19.0 Å². The number of nitrogens with one attached hydrogen (secondary N) is 2. The lowest BCUT2D eigenvalue weighted by atomic mass is 9.88. The molecule has 0 bridgehead atoms. The standard InChI is InChI=1S/C15H30N2O3S/c1-11(2)13(5-6-14(18)19)7-9-16-15(20)17-12(3)8-10-21-4/h11-13H,5-10H2,1-4H3,(H,18,19)(H2,16,17,20). The second-order valence-electron chi connectivity index (χ2n) is 5.81. The number of hydrogen-bond donors (Lipinski definition) is 3. The van der Waals surface area contributed by atoms with Crippen molar-refractivity contribution >= 4 is 23.8 Å². The molecule has 21 heavy (non-hydrogen) atoms. The van der Waals surface area contributed by atoms with Crippen molar-refractivity contribution < 1.29 is 14.7 Å². The van der Waals surface area contributed by atoms with E-state index in [1.165, 1.54) is 0 Å². The Morgan fingerprint density at radius 3 is 2.33 bits per heavy atom. The number of thioether (sulfide) groups is 1. The topological polar surface area (TPSA) is 78.4 Å². The molecule has 0 fully saturated rings. The Hall–Kier alpha value is -0.910. The average molecular weight is 318 g/mol. The molecule has 0 radical (unpaired) electrons. The van der Waals surface area contributed by atoms with E-state index in [2.05, 4.69) is 30.7 Å². The first-order valence-corrected chi connectivity index (χ1v) is 9.01. The van der Waals surface area contributed by atoms with Crippen LogP contribution in [0.25, 0.3) is 0 Å². The minimum absolute atomic E-state index is 0.135. The predicted molar refractivity (Wildman–Crippen MR) is 88.8 cm³/mol. The van der Waals surface area contributed by atoms with Gasteiger partial charge in [-0.1, -0.05) is 13.8 Å². The highest BCUT2D eigenvalue weighted by atomic mass is 32.2. The molecular weight excluding hydrogens is 288 g/mol. The number of rotatable bonds is 11. The van der Waals surface area contributed by atoms with Gasteiger partial charge in [0.1, 0.15) is 0 Å². The summed E-state index contributed by atoms with van der Waals surface area (Å²) in [6, 6.07) is 0.0368. The molecule has 2 amide bonds. The molecule has 0 heterocycles. The fourth-order valence-electron chi connectivity index (χ4n) is 2.13. The molecule has 2 atom stereocenters. The molecule has 3 N–H and O–H groups in total. The third-order valence-corrected chi connectivity index (χ3v) is 4.25. The lowest BCUT2D eigenvalue weighted by molar-refractivity contribution is -0.137. The van der Waals surface area contributed by atoms with E-state index in [4.69, 9.17) is 5.11 Å². The molecule has 0 saturated carbocycles. The maximum atomic E-state index is 11.7. The summed E-state index contributed by atoms with van der Waals surface area (Å²) in [5.74, 6) is 1.03. The van der Waals surface area contributed by atoms with E-state index in [0.717, 1.165) is 18.6 Å². The lowest BCUT2D eigenvalue weighted by Crippen LogP contribution is -2.41. The molecule has 0 aromatic carbocycles. The first-order chi connectivity index (χ1) is 9.86. The van der Waals surface area contributed by atoms with E-state index in [1.807, 2.05) is 6.92 Å². The van der Waals surface area contributed by atoms with Crippen LogP contribution in [0.4, 0.5) is 4.79 Å². The first kappa shape index (κ1) is 20.1. The van der Waals surface area contributed by atoms with Crippen LogP contribution in [0.1, 0.15) is 46.5 Å². The SMILES string of the molecule is CSCCC(C)NC(=O)NCCC(CCC(=O)O)C(C)C. The molecule has 0 aromatic heterocycles. The summed E-state index contributed by atoms with van der Waals surface area (Å²) in [7, 11) is 0. The minimum Gasteiger partial charge on any atom is -0.481 e. The van der Waals surface area contributed by atoms with Gasteiger partial charge in [-0.25, -0.2) is 4.79 Å². The van der Waals surface area contributed by atoms with Gasteiger partial charge in [0.25, 0.3) is 0 Å². The number of carbonyl (C=O) groups excluding carboxylic acids is 1. The number of aliphatic carboxylic acids is 1. The van der Waals surface area contributed by atoms with Crippen LogP contribution < -0.4 is 10.6 Å². The lowest BCUT2D eigenvalue weighted by Gasteiger charge is -2.21. The van der Waals surface area contributed by atoms with E-state index in [9.17, 15) is 9.59 Å². The number of carboxylic acid groups (broad SMARTS) is 1. The van der Waals surface area contributed by atoms with Gasteiger partial charge in [0.2, 0.25) is 0 Å². The molecule has 6 heteroatoms. The van der Waals surface area contributed by atoms with Gasteiger partial charge < -0.3 is 15.7 Å². The molecule has 0 saturated heterocycles. The molecule has 0 rings (SSSR count). The third kappa shape index (κ3) is 11.4. The van der Waals surface area contributed by atoms with E-state index in [0.29, 0.717) is 24.8 Å². The van der Waals surface area contributed by atoms with Gasteiger partial charge in [-0.05, 0) is 50.0 Å². The van der Waals surface area contributed by atoms with Crippen molar-refractivity contribution in [2.24, 2.45) is 11.8 Å². The summed E-state index contributed by atoms with van der Waals surface area (Å²) >= 11 is 1.77. The highest BCUT2D eigenvalue weighted by Crippen LogP contribution is 2.20. The zero-order valence-corrected chi connectivity index (χ0v) is 14.5. The molecule has 0 aliphatic carbocycles. The van der Waals surface area contributed by atoms with Crippen molar-refractivity contribution in [2.45, 2.75) is 52.5 Å². The molecule has 0 aromatic rings. The van der Waals surface area contributed by atoms with Crippen molar-refractivity contribution in [2.75, 3.05) is 18.6 Å². The second kappa shape index (κ2) is 11.7. The van der Waals surface area contributed by atoms with Gasteiger partial charge >= 0.3 is 12.0 Å². The fourth-order valence-corrected chi connectivity index (χ4v) is 2.72. The zero-order valence-electron chi connectivity index (χ0n) is 13.6. The summed E-state index contributed by atoms with van der Waals surface area (Å²) in [4.78, 5) is 22.3. The van der Waals surface area contributed by atoms with Gasteiger partial charge in [-0.3, -0.25) is 4.79 Å². The van der Waals surface area contributed by atoms with Crippen molar-refractivity contribution in [3.05, 3.63) is 0 Å². The monoisotopic (exact) mass is 318 g/mol. The zero-order chi connectivity index (χ0) is 16.3. The maximum absolute atomic E-state index is 11.7. The van der Waals surface area contributed by atoms with E-state index >= 15 is 0 Å². The van der Waals surface area contributed by atoms with Crippen molar-refractivity contribution in [1.82, 2.24) is 10.6 Å². The summed E-state index contributed by atoms with van der Waals surface area (Å²) < 4.78 is 0. The molecule has 0 aliphatic heterocycles. The highest BCUT2D eigenvalue weighted by Gasteiger charge is 2.15. The fraction of sp³-hybridized carbons (Fsp3) is 0.867. The van der Waals surface area contributed by atoms with E-state index in [-0.39, 0.29) is 18.5 Å². The molecular formula is C15H30N2O3S. The van der Waals surface area contributed by atoms with Crippen LogP contribution in [0, 0.1) is 11.8 Å². The van der Waals surface area contributed by atoms with Crippen LogP contribution in [0.15, 0.2) is 0 Å². The van der Waals surface area contributed by atoms with Gasteiger partial charge in [0.05, 0.1) is 0 Å². The molecule has 5 nitrogen and oxygen atoms in total. The van der Waals surface area contributed by atoms with Crippen LogP contribution in [0.3, 0.4) is 0 Å². The highest BCUT2D eigenvalue weighted by molar-refractivity contribution is 7.98. The van der Waals surface area contributed by atoms with Crippen molar-refractivity contribution in [1.29, 1.82) is 0 Å². The van der Waals surface area contributed by atoms with Crippen molar-refractivity contribution in [3.63, 3.8) is 0 Å². The molecule has 0 spiro atoms. The Labute approximate surface area is 132 Å². The summed E-state index contributed by atoms with van der Waals surface area (Å²) in [5, 5.41) is 14.5. The number of urea groups is 1. The summed E-state index contributed by atoms with van der Waals surface area (Å²) in [6.07, 6.45) is 4.69. The smallest absolute Gasteiger partial charge is 0.314 e. The average Bonchev–Trinajstić information content (AvgIpc) is 2.39. The van der Waals surface area contributed by atoms with Crippen molar-refractivity contribution in [3.8, 4) is 0 Å². The van der Waals surface area contributed by atoms with Crippen LogP contribution in [0.2, 0.25) is 0 Å². The van der Waals surface area contributed by atoms with Crippen LogP contribution in [-0.2, 0) is 4.79 Å². The predicted octanol–water partition coefficient (Wildman–Crippen LogP) is 2.95. The van der Waals surface area contributed by atoms with Gasteiger partial charge in [-0.2, -0.15) is 11.8 Å². The van der Waals surface area contributed by atoms with Gasteiger partial charge in [0.15, 0.2) is 0 Å². The number of hydrogen-bond acceptors (Lipinski definition) is 3. The number of amides is 2. The Morgan fingerprint density at radius 2 is 1.81 bits per heavy atom. The molecule has 124 valence electrons. The minimum atomic E-state index is -0.756. The van der Waals surface area contributed by atoms with E-state index in [1.54, 1.807) is 11.8 Å². The molecule has 2 unspecified atom stereocenters. The Kier molecular flexibility index (Phi) is 11.2. The third-order valence-electron chi connectivity index (χ3n) is 3.60. The van der Waals surface area contributed by atoms with Crippen LogP contribution >= 0.6 is 11.8 Å². The van der Waals surface area contributed by atoms with E-state index < -0.39 is 5.97 Å². The maximum Gasteiger partial charge on any atom is 0.314 e. The summed E-state index contributed by atoms with van der Waals surface area (Å²) in [6.45, 7) is 6.78. The summed E-state index contributed by atoms with van der Waals surface area (Å²) in [5.41, 5.74) is 0. The Morgan fingerprint density at radius 1 is 1.14 bits per heavy atom. The normalized spacial score (nSPS) is 13.8. The second-order valence-corrected chi connectivity index (χ2v) is 6.79. The number of carboxylic acids is 1. The van der Waals surface area contributed by atoms with Crippen LogP contribution in [0.5, 0.6) is 0 Å². The molecule has 0 aliphatic rings. The number of carbonyl (C=O) groups is 2. The Balaban J connectivity index is 3.91. The van der Waals surface area contributed by atoms with Gasteiger partial charge in [-0.15, -0.1) is 0 Å².